The Hall–Kier alpha value is -3.60. The summed E-state index contributed by atoms with van der Waals surface area (Å²) in [5.41, 5.74) is 11.6. The number of primary amides is 1. The Kier molecular flexibility index (Phi) is 5.04. The number of amides is 1. The van der Waals surface area contributed by atoms with E-state index in [4.69, 9.17) is 10.5 Å². The molecular weight excluding hydrogens is 376 g/mol. The van der Waals surface area contributed by atoms with Gasteiger partial charge in [-0.2, -0.15) is 0 Å². The van der Waals surface area contributed by atoms with Crippen molar-refractivity contribution in [3.05, 3.63) is 76.9 Å². The third-order valence-electron chi connectivity index (χ3n) is 5.30. The van der Waals surface area contributed by atoms with Crippen LogP contribution in [-0.2, 0) is 17.8 Å². The zero-order chi connectivity index (χ0) is 21.4. The monoisotopic (exact) mass is 400 g/mol. The maximum absolute atomic E-state index is 12.2. The lowest BCUT2D eigenvalue weighted by Gasteiger charge is -2.10. The standard InChI is InChI=1S/C25H24N2O3/c1-15-12-16(2)14-18(13-15)10-11-27-20-7-4-6-19(25(26)29)23(20)24-21(27)8-5-9-22(24)30-17(3)28/h4-9,12-14H,10-11H2,1-3H3,(H2,26,29). The van der Waals surface area contributed by atoms with Crippen molar-refractivity contribution in [2.24, 2.45) is 5.73 Å². The minimum atomic E-state index is -0.508. The number of hydrogen-bond donors (Lipinski definition) is 1. The van der Waals surface area contributed by atoms with Crippen molar-refractivity contribution in [2.75, 3.05) is 0 Å². The highest BCUT2D eigenvalue weighted by atomic mass is 16.5. The first-order valence-electron chi connectivity index (χ1n) is 9.94. The number of hydrogen-bond acceptors (Lipinski definition) is 3. The van der Waals surface area contributed by atoms with Crippen molar-refractivity contribution in [1.29, 1.82) is 0 Å². The van der Waals surface area contributed by atoms with Crippen LogP contribution in [0.15, 0.2) is 54.6 Å². The summed E-state index contributed by atoms with van der Waals surface area (Å²) < 4.78 is 7.64. The fraction of sp³-hybridized carbons (Fsp3) is 0.200. The van der Waals surface area contributed by atoms with Gasteiger partial charge in [0.2, 0.25) is 5.91 Å². The van der Waals surface area contributed by atoms with Crippen LogP contribution in [0.2, 0.25) is 0 Å². The van der Waals surface area contributed by atoms with E-state index >= 15 is 0 Å². The van der Waals surface area contributed by atoms with Gasteiger partial charge in [-0.05, 0) is 50.1 Å². The van der Waals surface area contributed by atoms with Gasteiger partial charge in [0.25, 0.3) is 0 Å². The van der Waals surface area contributed by atoms with Crippen LogP contribution in [0.4, 0.5) is 0 Å². The summed E-state index contributed by atoms with van der Waals surface area (Å²) in [7, 11) is 0. The van der Waals surface area contributed by atoms with Crippen LogP contribution in [0, 0.1) is 13.8 Å². The quantitative estimate of drug-likeness (QED) is 0.390. The van der Waals surface area contributed by atoms with Crippen LogP contribution in [0.5, 0.6) is 5.75 Å². The van der Waals surface area contributed by atoms with Gasteiger partial charge in [-0.15, -0.1) is 0 Å². The highest BCUT2D eigenvalue weighted by Crippen LogP contribution is 2.38. The second-order valence-electron chi connectivity index (χ2n) is 7.71. The Labute approximate surface area is 175 Å². The van der Waals surface area contributed by atoms with Gasteiger partial charge in [0.1, 0.15) is 5.75 Å². The average Bonchev–Trinajstić information content (AvgIpc) is 2.99. The molecule has 1 amide bonds. The van der Waals surface area contributed by atoms with Gasteiger partial charge in [0.15, 0.2) is 0 Å². The zero-order valence-corrected chi connectivity index (χ0v) is 17.4. The lowest BCUT2D eigenvalue weighted by atomic mass is 10.0. The van der Waals surface area contributed by atoms with Crippen molar-refractivity contribution in [1.82, 2.24) is 4.57 Å². The maximum Gasteiger partial charge on any atom is 0.308 e. The zero-order valence-electron chi connectivity index (χ0n) is 17.4. The third kappa shape index (κ3) is 3.54. The van der Waals surface area contributed by atoms with Gasteiger partial charge < -0.3 is 15.0 Å². The molecule has 1 heterocycles. The SMILES string of the molecule is CC(=O)Oc1cccc2c1c1c(C(N)=O)cccc1n2CCc1cc(C)cc(C)c1. The molecule has 0 aliphatic heterocycles. The van der Waals surface area contributed by atoms with Gasteiger partial charge >= 0.3 is 5.97 Å². The second-order valence-corrected chi connectivity index (χ2v) is 7.71. The highest BCUT2D eigenvalue weighted by molar-refractivity contribution is 6.20. The molecule has 0 atom stereocenters. The first-order valence-corrected chi connectivity index (χ1v) is 9.94. The first-order chi connectivity index (χ1) is 14.3. The molecule has 0 spiro atoms. The number of carbonyl (C=O) groups is 2. The average molecular weight is 400 g/mol. The number of benzene rings is 3. The van der Waals surface area contributed by atoms with E-state index in [0.29, 0.717) is 17.9 Å². The second kappa shape index (κ2) is 7.67. The topological polar surface area (TPSA) is 74.3 Å². The van der Waals surface area contributed by atoms with Crippen molar-refractivity contribution in [3.8, 4) is 5.75 Å². The van der Waals surface area contributed by atoms with E-state index in [1.165, 1.54) is 23.6 Å². The Morgan fingerprint density at radius 1 is 0.933 bits per heavy atom. The number of carbonyl (C=O) groups excluding carboxylic acids is 2. The van der Waals surface area contributed by atoms with Crippen LogP contribution >= 0.6 is 0 Å². The highest BCUT2D eigenvalue weighted by Gasteiger charge is 2.20. The fourth-order valence-corrected chi connectivity index (χ4v) is 4.29. The van der Waals surface area contributed by atoms with Crippen LogP contribution in [0.25, 0.3) is 21.8 Å². The number of ether oxygens (including phenoxy) is 1. The molecule has 0 bridgehead atoms. The molecule has 4 aromatic rings. The molecule has 0 aliphatic carbocycles. The van der Waals surface area contributed by atoms with E-state index in [1.54, 1.807) is 12.1 Å². The summed E-state index contributed by atoms with van der Waals surface area (Å²) >= 11 is 0. The van der Waals surface area contributed by atoms with Gasteiger partial charge in [-0.3, -0.25) is 9.59 Å². The lowest BCUT2D eigenvalue weighted by Crippen LogP contribution is -2.11. The van der Waals surface area contributed by atoms with Gasteiger partial charge in [0.05, 0.1) is 16.4 Å². The molecule has 0 saturated heterocycles. The molecule has 30 heavy (non-hydrogen) atoms. The Morgan fingerprint density at radius 3 is 2.20 bits per heavy atom. The van der Waals surface area contributed by atoms with Gasteiger partial charge in [0, 0.05) is 24.4 Å². The molecule has 1 aromatic heterocycles. The molecular formula is C25H24N2O3. The summed E-state index contributed by atoms with van der Waals surface area (Å²) in [6.45, 7) is 6.28. The number of rotatable bonds is 5. The van der Waals surface area contributed by atoms with Crippen molar-refractivity contribution in [3.63, 3.8) is 0 Å². The van der Waals surface area contributed by atoms with Crippen LogP contribution in [0.1, 0.15) is 34.0 Å². The first kappa shape index (κ1) is 19.7. The Balaban J connectivity index is 1.93. The van der Waals surface area contributed by atoms with Crippen LogP contribution < -0.4 is 10.5 Å². The summed E-state index contributed by atoms with van der Waals surface area (Å²) in [6.07, 6.45) is 0.833. The number of nitrogens with two attached hydrogens (primary N) is 1. The summed E-state index contributed by atoms with van der Waals surface area (Å²) in [5.74, 6) is -0.481. The number of aromatic nitrogens is 1. The number of aryl methyl sites for hydroxylation is 4. The molecule has 5 heteroatoms. The van der Waals surface area contributed by atoms with E-state index in [-0.39, 0.29) is 0 Å². The minimum absolute atomic E-state index is 0.407. The molecule has 5 nitrogen and oxygen atoms in total. The predicted octanol–water partition coefficient (Wildman–Crippen LogP) is 4.68. The molecule has 0 fully saturated rings. The molecule has 0 aliphatic rings. The summed E-state index contributed by atoms with van der Waals surface area (Å²) in [5, 5.41) is 1.45. The lowest BCUT2D eigenvalue weighted by molar-refractivity contribution is -0.131. The fourth-order valence-electron chi connectivity index (χ4n) is 4.29. The van der Waals surface area contributed by atoms with Crippen molar-refractivity contribution < 1.29 is 14.3 Å². The van der Waals surface area contributed by atoms with E-state index in [1.807, 2.05) is 24.3 Å². The largest absolute Gasteiger partial charge is 0.426 e. The molecule has 0 unspecified atom stereocenters. The smallest absolute Gasteiger partial charge is 0.308 e. The van der Waals surface area contributed by atoms with E-state index in [9.17, 15) is 9.59 Å². The van der Waals surface area contributed by atoms with Crippen molar-refractivity contribution in [2.45, 2.75) is 33.7 Å². The Bertz CT molecular complexity index is 1280. The normalized spacial score (nSPS) is 11.2. The van der Waals surface area contributed by atoms with E-state index in [2.05, 4.69) is 36.6 Å². The molecule has 3 aromatic carbocycles. The number of esters is 1. The number of fused-ring (bicyclic) bond motifs is 3. The minimum Gasteiger partial charge on any atom is -0.426 e. The maximum atomic E-state index is 12.2. The molecule has 2 N–H and O–H groups in total. The van der Waals surface area contributed by atoms with Gasteiger partial charge in [-0.25, -0.2) is 0 Å². The summed E-state index contributed by atoms with van der Waals surface area (Å²) in [6, 6.07) is 17.7. The van der Waals surface area contributed by atoms with E-state index in [0.717, 1.165) is 28.2 Å². The molecule has 0 saturated carbocycles. The Morgan fingerprint density at radius 2 is 1.57 bits per heavy atom. The number of nitrogens with zero attached hydrogens (tertiary/aromatic N) is 1. The van der Waals surface area contributed by atoms with Crippen LogP contribution in [-0.4, -0.2) is 16.4 Å². The van der Waals surface area contributed by atoms with Crippen molar-refractivity contribution >= 4 is 33.7 Å². The van der Waals surface area contributed by atoms with Gasteiger partial charge in [-0.1, -0.05) is 41.5 Å². The predicted molar refractivity (Wildman–Crippen MR) is 119 cm³/mol. The van der Waals surface area contributed by atoms with E-state index < -0.39 is 11.9 Å². The third-order valence-corrected chi connectivity index (χ3v) is 5.30. The summed E-state index contributed by atoms with van der Waals surface area (Å²) in [4.78, 5) is 23.8. The molecule has 4 rings (SSSR count). The molecule has 152 valence electrons. The van der Waals surface area contributed by atoms with Crippen LogP contribution in [0.3, 0.4) is 0 Å². The molecule has 0 radical (unpaired) electrons.